The normalized spacial score (nSPS) is 23.6. The molecule has 0 aromatic carbocycles. The van der Waals surface area contributed by atoms with E-state index in [1.54, 1.807) is 19.1 Å². The van der Waals surface area contributed by atoms with Crippen molar-refractivity contribution in [1.29, 1.82) is 0 Å². The number of nitrogens with two attached hydrogens (primary N) is 1. The number of carbonyl (C=O) groups excluding carboxylic acids is 4. The van der Waals surface area contributed by atoms with E-state index in [4.69, 9.17) is 29.4 Å². The molecule has 1 aliphatic heterocycles. The molecule has 1 saturated carbocycles. The monoisotopic (exact) mass is 627 g/mol. The molecule has 44 heavy (non-hydrogen) atoms. The number of nitrogens with zero attached hydrogens (tertiary/aromatic N) is 1. The Morgan fingerprint density at radius 2 is 1.84 bits per heavy atom. The Bertz CT molecular complexity index is 1010. The molecule has 3 unspecified atom stereocenters. The van der Waals surface area contributed by atoms with Crippen molar-refractivity contribution < 1.29 is 42.9 Å². The number of nitrogens with one attached hydrogen (secondary N) is 3. The Morgan fingerprint density at radius 1 is 1.16 bits per heavy atom. The predicted molar refractivity (Wildman–Crippen MR) is 163 cm³/mol. The third-order valence-corrected chi connectivity index (χ3v) is 8.01. The van der Waals surface area contributed by atoms with Crippen LogP contribution in [-0.2, 0) is 33.3 Å². The van der Waals surface area contributed by atoms with E-state index in [2.05, 4.69) is 16.0 Å². The largest absolute Gasteiger partial charge is 0.447 e. The zero-order chi connectivity index (χ0) is 33.1. The molecular formula is C30H53N5O9. The van der Waals surface area contributed by atoms with Gasteiger partial charge in [-0.1, -0.05) is 25.5 Å². The van der Waals surface area contributed by atoms with Crippen molar-refractivity contribution in [3.63, 3.8) is 0 Å². The second-order valence-corrected chi connectivity index (χ2v) is 12.6. The maximum Gasteiger partial charge on any atom is 0.413 e. The zero-order valence-corrected chi connectivity index (χ0v) is 27.5. The minimum Gasteiger partial charge on any atom is -0.447 e. The van der Waals surface area contributed by atoms with E-state index in [1.165, 1.54) is 0 Å². The summed E-state index contributed by atoms with van der Waals surface area (Å²) in [5.74, 6) is -1.15. The summed E-state index contributed by atoms with van der Waals surface area (Å²) < 4.78 is 29.3. The smallest absolute Gasteiger partial charge is 0.413 e. The molecule has 0 radical (unpaired) electrons. The van der Waals surface area contributed by atoms with Gasteiger partial charge in [-0.05, 0) is 53.5 Å². The molecule has 1 spiro atoms. The third kappa shape index (κ3) is 11.6. The zero-order valence-electron chi connectivity index (χ0n) is 27.5. The van der Waals surface area contributed by atoms with Crippen molar-refractivity contribution in [3.05, 3.63) is 11.6 Å². The molecule has 2 fully saturated rings. The fourth-order valence-corrected chi connectivity index (χ4v) is 5.45. The molecule has 5 atom stereocenters. The number of epoxide rings is 1. The van der Waals surface area contributed by atoms with Gasteiger partial charge in [0.05, 0.1) is 43.5 Å². The van der Waals surface area contributed by atoms with Crippen LogP contribution in [-0.4, -0.2) is 119 Å². The minimum atomic E-state index is -0.930. The van der Waals surface area contributed by atoms with E-state index in [0.29, 0.717) is 39.1 Å². The topological polar surface area (TPSA) is 183 Å². The molecule has 14 nitrogen and oxygen atoms in total. The van der Waals surface area contributed by atoms with E-state index in [1.807, 2.05) is 47.6 Å². The summed E-state index contributed by atoms with van der Waals surface area (Å²) in [5.41, 5.74) is 5.40. The van der Waals surface area contributed by atoms with Crippen molar-refractivity contribution >= 4 is 24.0 Å². The summed E-state index contributed by atoms with van der Waals surface area (Å²) in [4.78, 5) is 50.4. The summed E-state index contributed by atoms with van der Waals surface area (Å²) >= 11 is 0. The molecule has 0 aromatic heterocycles. The second kappa shape index (κ2) is 17.1. The fourth-order valence-electron chi connectivity index (χ4n) is 5.45. The van der Waals surface area contributed by atoms with Gasteiger partial charge in [0.2, 0.25) is 11.8 Å². The van der Waals surface area contributed by atoms with Crippen LogP contribution in [0.15, 0.2) is 11.6 Å². The molecule has 1 aliphatic carbocycles. The highest BCUT2D eigenvalue weighted by Crippen LogP contribution is 2.52. The van der Waals surface area contributed by atoms with Crippen LogP contribution >= 0.6 is 0 Å². The van der Waals surface area contributed by atoms with Crippen LogP contribution in [0.1, 0.15) is 54.4 Å². The number of hydrogen-bond acceptors (Lipinski definition) is 11. The molecular weight excluding hydrogens is 574 g/mol. The third-order valence-electron chi connectivity index (χ3n) is 8.01. The number of carbonyl (C=O) groups is 4. The Hall–Kier alpha value is -2.78. The van der Waals surface area contributed by atoms with Gasteiger partial charge in [-0.15, -0.1) is 0 Å². The number of alkyl carbamates (subject to hydrolysis) is 2. The van der Waals surface area contributed by atoms with Gasteiger partial charge >= 0.3 is 12.2 Å². The quantitative estimate of drug-likeness (QED) is 0.143. The summed E-state index contributed by atoms with van der Waals surface area (Å²) in [6.45, 7) is 13.2. The fraction of sp³-hybridized carbons (Fsp3) is 0.800. The lowest BCUT2D eigenvalue weighted by Gasteiger charge is -2.47. The first kappa shape index (κ1) is 37.4. The number of likely N-dealkylation sites (N-methyl/N-ethyl adjacent to an activating group) is 1. The molecule has 4 amide bonds. The number of hydrogen-bond donors (Lipinski definition) is 4. The molecule has 0 bridgehead atoms. The lowest BCUT2D eigenvalue weighted by molar-refractivity contribution is -0.172. The van der Waals surface area contributed by atoms with Crippen LogP contribution < -0.4 is 21.7 Å². The van der Waals surface area contributed by atoms with Crippen LogP contribution in [0.4, 0.5) is 9.59 Å². The lowest BCUT2D eigenvalue weighted by Crippen LogP contribution is -2.59. The Kier molecular flexibility index (Phi) is 14.5. The van der Waals surface area contributed by atoms with E-state index >= 15 is 0 Å². The van der Waals surface area contributed by atoms with Crippen LogP contribution in [0.5, 0.6) is 0 Å². The molecule has 14 heteroatoms. The highest BCUT2D eigenvalue weighted by molar-refractivity contribution is 5.92. The standard InChI is InChI=1S/C30H53N5O9/c1-19(2)10-14-42-29(5,6)26-25(40-8)22(9-11-30(26)18-43-30)44-28(39)33-21(20(3)4)17-41-27(38)34-24(37)16-35(7)13-12-32-23(36)15-31/h10,20-22,25-26H,9,11-18,31H2,1-8H3,(H,32,36)(H,33,39)(H,34,37,38)/t21-,22?,25?,26?,30-/m0/s1. The van der Waals surface area contributed by atoms with E-state index in [-0.39, 0.29) is 43.0 Å². The van der Waals surface area contributed by atoms with Crippen molar-refractivity contribution in [2.45, 2.75) is 83.8 Å². The summed E-state index contributed by atoms with van der Waals surface area (Å²) in [6.07, 6.45) is 0.696. The van der Waals surface area contributed by atoms with Gasteiger partial charge in [0, 0.05) is 26.1 Å². The summed E-state index contributed by atoms with van der Waals surface area (Å²) in [6, 6.07) is -0.570. The highest BCUT2D eigenvalue weighted by Gasteiger charge is 2.64. The number of imide groups is 1. The summed E-state index contributed by atoms with van der Waals surface area (Å²) in [5, 5.41) is 7.56. The average Bonchev–Trinajstić information content (AvgIpc) is 3.70. The minimum absolute atomic E-state index is 0.0854. The number of amides is 4. The van der Waals surface area contributed by atoms with Gasteiger partial charge in [-0.25, -0.2) is 9.59 Å². The van der Waals surface area contributed by atoms with Gasteiger partial charge in [0.1, 0.15) is 18.8 Å². The van der Waals surface area contributed by atoms with Gasteiger partial charge in [-0.2, -0.15) is 0 Å². The van der Waals surface area contributed by atoms with Gasteiger partial charge in [-0.3, -0.25) is 19.8 Å². The maximum absolute atomic E-state index is 13.1. The molecule has 1 saturated heterocycles. The van der Waals surface area contributed by atoms with Crippen molar-refractivity contribution in [2.24, 2.45) is 17.6 Å². The Labute approximate surface area is 261 Å². The van der Waals surface area contributed by atoms with Gasteiger partial charge in [0.25, 0.3) is 0 Å². The molecule has 2 rings (SSSR count). The van der Waals surface area contributed by atoms with Gasteiger partial charge < -0.3 is 40.1 Å². The number of rotatable bonds is 16. The SMILES string of the molecule is COC1C(OC(=O)N[C@@H](COC(=O)NC(=O)CN(C)CCNC(=O)CN)C(C)C)CC[C@]2(CO2)C1C(C)(C)OCC=C(C)C. The molecule has 2 aliphatic rings. The summed E-state index contributed by atoms with van der Waals surface area (Å²) in [7, 11) is 3.27. The molecule has 1 heterocycles. The van der Waals surface area contributed by atoms with E-state index in [9.17, 15) is 19.2 Å². The number of methoxy groups -OCH3 is 1. The second-order valence-electron chi connectivity index (χ2n) is 12.6. The Morgan fingerprint density at radius 3 is 2.41 bits per heavy atom. The van der Waals surface area contributed by atoms with Gasteiger partial charge in [0.15, 0.2) is 0 Å². The van der Waals surface area contributed by atoms with Crippen LogP contribution in [0.3, 0.4) is 0 Å². The first-order chi connectivity index (χ1) is 20.6. The first-order valence-electron chi connectivity index (χ1n) is 15.2. The molecule has 5 N–H and O–H groups in total. The van der Waals surface area contributed by atoms with Crippen LogP contribution in [0.2, 0.25) is 0 Å². The lowest BCUT2D eigenvalue weighted by atomic mass is 9.68. The average molecular weight is 628 g/mol. The van der Waals surface area contributed by atoms with Crippen molar-refractivity contribution in [2.75, 3.05) is 60.2 Å². The Balaban J connectivity index is 1.90. The predicted octanol–water partition coefficient (Wildman–Crippen LogP) is 1.32. The first-order valence-corrected chi connectivity index (χ1v) is 15.2. The molecule has 0 aromatic rings. The number of ether oxygens (including phenoxy) is 5. The van der Waals surface area contributed by atoms with Crippen LogP contribution in [0.25, 0.3) is 0 Å². The van der Waals surface area contributed by atoms with E-state index in [0.717, 1.165) is 5.57 Å². The van der Waals surface area contributed by atoms with Crippen molar-refractivity contribution in [3.8, 4) is 0 Å². The van der Waals surface area contributed by atoms with Crippen molar-refractivity contribution in [1.82, 2.24) is 20.9 Å². The highest BCUT2D eigenvalue weighted by atomic mass is 16.6. The number of allylic oxidation sites excluding steroid dienone is 1. The maximum atomic E-state index is 13.1. The molecule has 252 valence electrons. The van der Waals surface area contributed by atoms with Crippen LogP contribution in [0, 0.1) is 11.8 Å². The van der Waals surface area contributed by atoms with E-state index < -0.39 is 41.9 Å².